The highest BCUT2D eigenvalue weighted by molar-refractivity contribution is 7.99. The van der Waals surface area contributed by atoms with Crippen LogP contribution in [-0.2, 0) is 4.79 Å². The molecule has 2 atom stereocenters. The van der Waals surface area contributed by atoms with Crippen LogP contribution < -0.4 is 5.56 Å². The molecule has 1 aliphatic heterocycles. The maximum absolute atomic E-state index is 12.4. The molecule has 22 heavy (non-hydrogen) atoms. The van der Waals surface area contributed by atoms with Crippen molar-refractivity contribution in [2.45, 2.75) is 45.3 Å². The van der Waals surface area contributed by atoms with Crippen LogP contribution in [0.3, 0.4) is 0 Å². The smallest absolute Gasteiger partial charge is 0.273 e. The minimum atomic E-state index is -0.257. The topological polar surface area (TPSA) is 55.2 Å². The number of carbonyl (C=O) groups is 1. The highest BCUT2D eigenvalue weighted by Gasteiger charge is 2.25. The summed E-state index contributed by atoms with van der Waals surface area (Å²) in [5.74, 6) is 1.59. The van der Waals surface area contributed by atoms with Crippen LogP contribution in [0.1, 0.15) is 40.2 Å². The average molecular weight is 323 g/mol. The number of likely N-dealkylation sites (tertiary alicyclic amines) is 1. The van der Waals surface area contributed by atoms with Crippen molar-refractivity contribution in [2.24, 2.45) is 11.8 Å². The molecule has 1 fully saturated rings. The number of thioether (sulfide) groups is 1. The van der Waals surface area contributed by atoms with E-state index in [9.17, 15) is 9.59 Å². The van der Waals surface area contributed by atoms with E-state index in [1.54, 1.807) is 6.20 Å². The summed E-state index contributed by atoms with van der Waals surface area (Å²) in [5, 5.41) is 0.619. The second-order valence-corrected chi connectivity index (χ2v) is 7.53. The molecule has 5 nitrogen and oxygen atoms in total. The molecule has 2 rings (SSSR count). The molecule has 2 heterocycles. The van der Waals surface area contributed by atoms with Crippen LogP contribution in [0.25, 0.3) is 0 Å². The SMILES string of the molecule is CC1CC(C)CN(C(=O)CSc2nc(=O)ccn2C(C)C)C1. The van der Waals surface area contributed by atoms with Gasteiger partial charge in [-0.15, -0.1) is 0 Å². The predicted molar refractivity (Wildman–Crippen MR) is 89.1 cm³/mol. The Balaban J connectivity index is 2.02. The summed E-state index contributed by atoms with van der Waals surface area (Å²) in [6.07, 6.45) is 2.93. The summed E-state index contributed by atoms with van der Waals surface area (Å²) < 4.78 is 1.93. The van der Waals surface area contributed by atoms with E-state index in [0.717, 1.165) is 13.1 Å². The van der Waals surface area contributed by atoms with Gasteiger partial charge in [-0.3, -0.25) is 9.59 Å². The van der Waals surface area contributed by atoms with Gasteiger partial charge in [0.15, 0.2) is 5.16 Å². The fraction of sp³-hybridized carbons (Fsp3) is 0.688. The molecule has 0 bridgehead atoms. The van der Waals surface area contributed by atoms with Crippen molar-refractivity contribution in [1.82, 2.24) is 14.5 Å². The van der Waals surface area contributed by atoms with E-state index in [-0.39, 0.29) is 17.5 Å². The number of aromatic nitrogens is 2. The molecular formula is C16H25N3O2S. The lowest BCUT2D eigenvalue weighted by atomic mass is 9.92. The monoisotopic (exact) mass is 323 g/mol. The van der Waals surface area contributed by atoms with E-state index >= 15 is 0 Å². The highest BCUT2D eigenvalue weighted by atomic mass is 32.2. The third kappa shape index (κ3) is 4.35. The predicted octanol–water partition coefficient (Wildman–Crippen LogP) is 2.42. The van der Waals surface area contributed by atoms with Gasteiger partial charge in [0, 0.05) is 31.4 Å². The lowest BCUT2D eigenvalue weighted by Gasteiger charge is -2.35. The summed E-state index contributed by atoms with van der Waals surface area (Å²) in [5.41, 5.74) is -0.257. The van der Waals surface area contributed by atoms with Gasteiger partial charge in [-0.2, -0.15) is 4.98 Å². The number of hydrogen-bond donors (Lipinski definition) is 0. The zero-order valence-electron chi connectivity index (χ0n) is 13.8. The summed E-state index contributed by atoms with van der Waals surface area (Å²) in [7, 11) is 0. The first-order valence-electron chi connectivity index (χ1n) is 7.86. The van der Waals surface area contributed by atoms with E-state index in [4.69, 9.17) is 0 Å². The summed E-state index contributed by atoms with van der Waals surface area (Å²) in [6, 6.07) is 1.67. The molecule has 1 saturated heterocycles. The van der Waals surface area contributed by atoms with Crippen molar-refractivity contribution in [2.75, 3.05) is 18.8 Å². The molecular weight excluding hydrogens is 298 g/mol. The van der Waals surface area contributed by atoms with E-state index in [2.05, 4.69) is 18.8 Å². The first kappa shape index (κ1) is 17.1. The maximum atomic E-state index is 12.4. The number of nitrogens with zero attached hydrogens (tertiary/aromatic N) is 3. The lowest BCUT2D eigenvalue weighted by molar-refractivity contribution is -0.130. The Labute approximate surface area is 136 Å². The Morgan fingerprint density at radius 1 is 1.36 bits per heavy atom. The zero-order chi connectivity index (χ0) is 16.3. The van der Waals surface area contributed by atoms with Gasteiger partial charge < -0.3 is 9.47 Å². The van der Waals surface area contributed by atoms with Crippen molar-refractivity contribution >= 4 is 17.7 Å². The van der Waals surface area contributed by atoms with Crippen LogP contribution in [-0.4, -0.2) is 39.2 Å². The third-order valence-electron chi connectivity index (χ3n) is 3.91. The number of rotatable bonds is 4. The molecule has 0 N–H and O–H groups in total. The maximum Gasteiger partial charge on any atom is 0.273 e. The number of carbonyl (C=O) groups excluding carboxylic acids is 1. The Bertz CT molecular complexity index is 575. The normalized spacial score (nSPS) is 22.1. The molecule has 1 aromatic heterocycles. The standard InChI is InChI=1S/C16H25N3O2S/c1-11(2)19-6-5-14(20)17-16(19)22-10-15(21)18-8-12(3)7-13(4)9-18/h5-6,11-13H,7-10H2,1-4H3. The Morgan fingerprint density at radius 2 is 2.00 bits per heavy atom. The Hall–Kier alpha value is -1.30. The van der Waals surface area contributed by atoms with E-state index in [0.29, 0.717) is 22.7 Å². The fourth-order valence-electron chi connectivity index (χ4n) is 2.98. The number of hydrogen-bond acceptors (Lipinski definition) is 4. The molecule has 0 radical (unpaired) electrons. The van der Waals surface area contributed by atoms with Gasteiger partial charge >= 0.3 is 0 Å². The van der Waals surface area contributed by atoms with Crippen LogP contribution in [0, 0.1) is 11.8 Å². The minimum Gasteiger partial charge on any atom is -0.341 e. The summed E-state index contributed by atoms with van der Waals surface area (Å²) in [6.45, 7) is 10.1. The van der Waals surface area contributed by atoms with Crippen molar-refractivity contribution in [1.29, 1.82) is 0 Å². The number of amides is 1. The molecule has 122 valence electrons. The first-order chi connectivity index (χ1) is 10.4. The minimum absolute atomic E-state index is 0.136. The summed E-state index contributed by atoms with van der Waals surface area (Å²) >= 11 is 1.35. The van der Waals surface area contributed by atoms with Gasteiger partial charge in [-0.1, -0.05) is 25.6 Å². The van der Waals surface area contributed by atoms with Gasteiger partial charge in [0.25, 0.3) is 5.56 Å². The lowest BCUT2D eigenvalue weighted by Crippen LogP contribution is -2.43. The van der Waals surface area contributed by atoms with Gasteiger partial charge in [0.2, 0.25) is 5.91 Å². The van der Waals surface area contributed by atoms with Crippen molar-refractivity contribution in [3.05, 3.63) is 22.6 Å². The van der Waals surface area contributed by atoms with Gasteiger partial charge in [0.1, 0.15) is 0 Å². The van der Waals surface area contributed by atoms with E-state index < -0.39 is 0 Å². The van der Waals surface area contributed by atoms with Crippen LogP contribution in [0.5, 0.6) is 0 Å². The quantitative estimate of drug-likeness (QED) is 0.631. The molecule has 6 heteroatoms. The molecule has 0 aromatic carbocycles. The zero-order valence-corrected chi connectivity index (χ0v) is 14.6. The highest BCUT2D eigenvalue weighted by Crippen LogP contribution is 2.23. The van der Waals surface area contributed by atoms with E-state index in [1.807, 2.05) is 23.3 Å². The van der Waals surface area contributed by atoms with Crippen LogP contribution >= 0.6 is 11.8 Å². The van der Waals surface area contributed by atoms with Crippen molar-refractivity contribution < 1.29 is 4.79 Å². The summed E-state index contributed by atoms with van der Waals surface area (Å²) in [4.78, 5) is 29.9. The third-order valence-corrected chi connectivity index (χ3v) is 4.86. The fourth-order valence-corrected chi connectivity index (χ4v) is 3.99. The van der Waals surface area contributed by atoms with Crippen LogP contribution in [0.2, 0.25) is 0 Å². The second-order valence-electron chi connectivity index (χ2n) is 6.58. The Kier molecular flexibility index (Phi) is 5.67. The molecule has 2 unspecified atom stereocenters. The van der Waals surface area contributed by atoms with Crippen molar-refractivity contribution in [3.8, 4) is 0 Å². The molecule has 0 saturated carbocycles. The molecule has 1 aliphatic rings. The van der Waals surface area contributed by atoms with Gasteiger partial charge in [0.05, 0.1) is 5.75 Å². The molecule has 1 amide bonds. The average Bonchev–Trinajstić information content (AvgIpc) is 2.43. The van der Waals surface area contributed by atoms with Gasteiger partial charge in [-0.05, 0) is 32.1 Å². The molecule has 0 spiro atoms. The van der Waals surface area contributed by atoms with Crippen molar-refractivity contribution in [3.63, 3.8) is 0 Å². The Morgan fingerprint density at radius 3 is 2.59 bits per heavy atom. The largest absolute Gasteiger partial charge is 0.341 e. The van der Waals surface area contributed by atoms with E-state index in [1.165, 1.54) is 24.2 Å². The molecule has 1 aromatic rings. The van der Waals surface area contributed by atoms with Crippen LogP contribution in [0.15, 0.2) is 22.2 Å². The van der Waals surface area contributed by atoms with Gasteiger partial charge in [-0.25, -0.2) is 0 Å². The number of piperidine rings is 1. The second kappa shape index (κ2) is 7.31. The first-order valence-corrected chi connectivity index (χ1v) is 8.85. The molecule has 0 aliphatic carbocycles. The van der Waals surface area contributed by atoms with Crippen LogP contribution in [0.4, 0.5) is 0 Å².